The molecule has 0 saturated carbocycles. The first-order chi connectivity index (χ1) is 12.5. The van der Waals surface area contributed by atoms with Crippen molar-refractivity contribution in [1.29, 1.82) is 0 Å². The summed E-state index contributed by atoms with van der Waals surface area (Å²) in [6.07, 6.45) is 0. The summed E-state index contributed by atoms with van der Waals surface area (Å²) in [5.41, 5.74) is 2.42. The smallest absolute Gasteiger partial charge is 0.262 e. The third-order valence-electron chi connectivity index (χ3n) is 3.84. The molecular formula is C20H17BrN2O2S. The van der Waals surface area contributed by atoms with E-state index >= 15 is 0 Å². The van der Waals surface area contributed by atoms with Gasteiger partial charge in [0.15, 0.2) is 0 Å². The number of amides is 2. The molecule has 3 aromatic rings. The van der Waals surface area contributed by atoms with Gasteiger partial charge in [0.25, 0.3) is 11.8 Å². The van der Waals surface area contributed by atoms with Crippen LogP contribution in [0.4, 0.5) is 5.69 Å². The standard InChI is InChI=1S/C20H17BrN2O2S/c1-13-12-15(9-10-16(13)21)22-20(25)18(14-6-3-2-4-7-14)23-19(24)17-8-5-11-26-17/h2-12,18H,1H3,(H,22,25)(H,23,24). The van der Waals surface area contributed by atoms with Gasteiger partial charge in [0.1, 0.15) is 6.04 Å². The van der Waals surface area contributed by atoms with Crippen molar-refractivity contribution < 1.29 is 9.59 Å². The quantitative estimate of drug-likeness (QED) is 0.605. The van der Waals surface area contributed by atoms with Crippen molar-refractivity contribution in [2.75, 3.05) is 5.32 Å². The van der Waals surface area contributed by atoms with Crippen LogP contribution in [-0.2, 0) is 4.79 Å². The van der Waals surface area contributed by atoms with Crippen molar-refractivity contribution in [3.63, 3.8) is 0 Å². The highest BCUT2D eigenvalue weighted by atomic mass is 79.9. The Hall–Kier alpha value is -2.44. The third-order valence-corrected chi connectivity index (χ3v) is 5.60. The van der Waals surface area contributed by atoms with Crippen LogP contribution >= 0.6 is 27.3 Å². The van der Waals surface area contributed by atoms with Gasteiger partial charge < -0.3 is 10.6 Å². The Kier molecular flexibility index (Phi) is 5.85. The van der Waals surface area contributed by atoms with Gasteiger partial charge in [-0.1, -0.05) is 52.3 Å². The van der Waals surface area contributed by atoms with E-state index in [9.17, 15) is 9.59 Å². The molecule has 2 N–H and O–H groups in total. The molecule has 1 unspecified atom stereocenters. The monoisotopic (exact) mass is 428 g/mol. The lowest BCUT2D eigenvalue weighted by Crippen LogP contribution is -2.36. The lowest BCUT2D eigenvalue weighted by molar-refractivity contribution is -0.118. The van der Waals surface area contributed by atoms with E-state index in [1.807, 2.05) is 66.9 Å². The van der Waals surface area contributed by atoms with Crippen LogP contribution < -0.4 is 10.6 Å². The lowest BCUT2D eigenvalue weighted by Gasteiger charge is -2.19. The second-order valence-corrected chi connectivity index (χ2v) is 7.55. The number of carbonyl (C=O) groups excluding carboxylic acids is 2. The summed E-state index contributed by atoms with van der Waals surface area (Å²) in [5, 5.41) is 7.55. The molecule has 0 spiro atoms. The predicted molar refractivity (Wildman–Crippen MR) is 108 cm³/mol. The number of hydrogen-bond acceptors (Lipinski definition) is 3. The molecule has 0 radical (unpaired) electrons. The second kappa shape index (κ2) is 8.29. The number of halogens is 1. The molecule has 0 aliphatic heterocycles. The first-order valence-corrected chi connectivity index (χ1v) is 9.68. The van der Waals surface area contributed by atoms with Crippen LogP contribution in [-0.4, -0.2) is 11.8 Å². The average Bonchev–Trinajstić information content (AvgIpc) is 3.18. The maximum atomic E-state index is 12.9. The van der Waals surface area contributed by atoms with Crippen molar-refractivity contribution in [2.45, 2.75) is 13.0 Å². The number of benzene rings is 2. The van der Waals surface area contributed by atoms with Gasteiger partial charge in [0, 0.05) is 10.2 Å². The zero-order chi connectivity index (χ0) is 18.5. The molecule has 0 aliphatic rings. The second-order valence-electron chi connectivity index (χ2n) is 5.75. The molecule has 0 fully saturated rings. The zero-order valence-electron chi connectivity index (χ0n) is 14.0. The largest absolute Gasteiger partial charge is 0.336 e. The average molecular weight is 429 g/mol. The van der Waals surface area contributed by atoms with Crippen molar-refractivity contribution in [3.05, 3.63) is 86.5 Å². The summed E-state index contributed by atoms with van der Waals surface area (Å²) in [6, 6.07) is 17.5. The summed E-state index contributed by atoms with van der Waals surface area (Å²) in [7, 11) is 0. The van der Waals surface area contributed by atoms with E-state index in [1.54, 1.807) is 6.07 Å². The van der Waals surface area contributed by atoms with Crippen molar-refractivity contribution in [3.8, 4) is 0 Å². The van der Waals surface area contributed by atoms with Gasteiger partial charge in [-0.25, -0.2) is 0 Å². The van der Waals surface area contributed by atoms with Crippen LogP contribution in [0.25, 0.3) is 0 Å². The van der Waals surface area contributed by atoms with Crippen LogP contribution in [0.1, 0.15) is 26.8 Å². The molecule has 1 aromatic heterocycles. The van der Waals surface area contributed by atoms with E-state index in [2.05, 4.69) is 26.6 Å². The fourth-order valence-electron chi connectivity index (χ4n) is 2.49. The maximum absolute atomic E-state index is 12.9. The number of carbonyl (C=O) groups is 2. The molecule has 1 heterocycles. The van der Waals surface area contributed by atoms with E-state index in [-0.39, 0.29) is 11.8 Å². The SMILES string of the molecule is Cc1cc(NC(=O)C(NC(=O)c2cccs2)c2ccccc2)ccc1Br. The maximum Gasteiger partial charge on any atom is 0.262 e. The van der Waals surface area contributed by atoms with Crippen LogP contribution in [0.3, 0.4) is 0 Å². The Labute approximate surface area is 164 Å². The fraction of sp³-hybridized carbons (Fsp3) is 0.100. The number of anilines is 1. The number of thiophene rings is 1. The molecule has 4 nitrogen and oxygen atoms in total. The minimum absolute atomic E-state index is 0.268. The van der Waals surface area contributed by atoms with Crippen LogP contribution in [0.5, 0.6) is 0 Å². The summed E-state index contributed by atoms with van der Waals surface area (Å²) in [4.78, 5) is 25.9. The molecule has 2 aromatic carbocycles. The molecule has 0 aliphatic carbocycles. The Balaban J connectivity index is 1.83. The fourth-order valence-corrected chi connectivity index (χ4v) is 3.37. The van der Waals surface area contributed by atoms with Gasteiger partial charge in [-0.3, -0.25) is 9.59 Å². The summed E-state index contributed by atoms with van der Waals surface area (Å²) in [5.74, 6) is -0.557. The minimum atomic E-state index is -0.783. The summed E-state index contributed by atoms with van der Waals surface area (Å²) >= 11 is 4.79. The Bertz CT molecular complexity index is 911. The highest BCUT2D eigenvalue weighted by Crippen LogP contribution is 2.22. The molecule has 6 heteroatoms. The minimum Gasteiger partial charge on any atom is -0.336 e. The first kappa shape index (κ1) is 18.4. The molecule has 2 amide bonds. The first-order valence-electron chi connectivity index (χ1n) is 8.01. The van der Waals surface area contributed by atoms with Gasteiger partial charge in [0.2, 0.25) is 0 Å². The van der Waals surface area contributed by atoms with Gasteiger partial charge in [0.05, 0.1) is 4.88 Å². The van der Waals surface area contributed by atoms with E-state index < -0.39 is 6.04 Å². The van der Waals surface area contributed by atoms with Crippen LogP contribution in [0.2, 0.25) is 0 Å². The lowest BCUT2D eigenvalue weighted by atomic mass is 10.1. The number of hydrogen-bond donors (Lipinski definition) is 2. The normalized spacial score (nSPS) is 11.6. The number of aryl methyl sites for hydroxylation is 1. The topological polar surface area (TPSA) is 58.2 Å². The Morgan fingerprint density at radius 3 is 2.46 bits per heavy atom. The third kappa shape index (κ3) is 4.39. The van der Waals surface area contributed by atoms with E-state index in [4.69, 9.17) is 0 Å². The highest BCUT2D eigenvalue weighted by Gasteiger charge is 2.23. The molecule has 0 saturated heterocycles. The predicted octanol–water partition coefficient (Wildman–Crippen LogP) is 4.93. The van der Waals surface area contributed by atoms with Gasteiger partial charge in [-0.15, -0.1) is 11.3 Å². The van der Waals surface area contributed by atoms with Crippen LogP contribution in [0, 0.1) is 6.92 Å². The Morgan fingerprint density at radius 2 is 1.81 bits per heavy atom. The zero-order valence-corrected chi connectivity index (χ0v) is 16.4. The van der Waals surface area contributed by atoms with E-state index in [1.165, 1.54) is 11.3 Å². The van der Waals surface area contributed by atoms with Gasteiger partial charge in [-0.2, -0.15) is 0 Å². The van der Waals surface area contributed by atoms with Gasteiger partial charge in [-0.05, 0) is 47.7 Å². The van der Waals surface area contributed by atoms with Crippen molar-refractivity contribution in [1.82, 2.24) is 5.32 Å². The Morgan fingerprint density at radius 1 is 1.04 bits per heavy atom. The highest BCUT2D eigenvalue weighted by molar-refractivity contribution is 9.10. The van der Waals surface area contributed by atoms with E-state index in [0.717, 1.165) is 15.6 Å². The number of nitrogens with one attached hydrogen (secondary N) is 2. The molecular weight excluding hydrogens is 412 g/mol. The van der Waals surface area contributed by atoms with Crippen molar-refractivity contribution in [2.24, 2.45) is 0 Å². The molecule has 132 valence electrons. The number of rotatable bonds is 5. The molecule has 3 rings (SSSR count). The van der Waals surface area contributed by atoms with Crippen molar-refractivity contribution >= 4 is 44.8 Å². The van der Waals surface area contributed by atoms with Crippen LogP contribution in [0.15, 0.2) is 70.5 Å². The summed E-state index contributed by atoms with van der Waals surface area (Å²) in [6.45, 7) is 1.95. The van der Waals surface area contributed by atoms with E-state index in [0.29, 0.717) is 10.6 Å². The molecule has 1 atom stereocenters. The molecule has 0 bridgehead atoms. The summed E-state index contributed by atoms with van der Waals surface area (Å²) < 4.78 is 0.973. The van der Waals surface area contributed by atoms with Gasteiger partial charge >= 0.3 is 0 Å². The molecule has 26 heavy (non-hydrogen) atoms.